The van der Waals surface area contributed by atoms with Gasteiger partial charge < -0.3 is 5.73 Å². The predicted molar refractivity (Wildman–Crippen MR) is 87.1 cm³/mol. The van der Waals surface area contributed by atoms with Gasteiger partial charge in [0.05, 0.1) is 10.5 Å². The van der Waals surface area contributed by atoms with Gasteiger partial charge in [-0.2, -0.15) is 0 Å². The molecule has 0 amide bonds. The van der Waals surface area contributed by atoms with Crippen LogP contribution in [0.1, 0.15) is 52.0 Å². The Morgan fingerprint density at radius 2 is 1.71 bits per heavy atom. The highest BCUT2D eigenvalue weighted by Gasteiger charge is 2.29. The molecular formula is C16H25NO3S. The van der Waals surface area contributed by atoms with Crippen LogP contribution < -0.4 is 5.73 Å². The van der Waals surface area contributed by atoms with E-state index in [0.29, 0.717) is 12.1 Å². The highest BCUT2D eigenvalue weighted by molar-refractivity contribution is 7.92. The number of nitrogen functional groups attached to an aromatic ring is 1. The summed E-state index contributed by atoms with van der Waals surface area (Å²) in [6.07, 6.45) is 0.433. The van der Waals surface area contributed by atoms with Crippen molar-refractivity contribution in [1.29, 1.82) is 0 Å². The molecule has 0 fully saturated rings. The van der Waals surface area contributed by atoms with E-state index in [0.717, 1.165) is 5.56 Å². The number of hydrogen-bond donors (Lipinski definition) is 1. The quantitative estimate of drug-likeness (QED) is 0.819. The molecule has 118 valence electrons. The molecule has 1 aromatic carbocycles. The fourth-order valence-electron chi connectivity index (χ4n) is 1.94. The molecular weight excluding hydrogens is 286 g/mol. The molecule has 1 atom stereocenters. The molecule has 0 radical (unpaired) electrons. The van der Waals surface area contributed by atoms with E-state index in [4.69, 9.17) is 5.73 Å². The van der Waals surface area contributed by atoms with E-state index in [1.165, 1.54) is 0 Å². The molecule has 0 spiro atoms. The van der Waals surface area contributed by atoms with Gasteiger partial charge in [-0.3, -0.25) is 4.79 Å². The second-order valence-corrected chi connectivity index (χ2v) is 9.35. The second kappa shape index (κ2) is 6.60. The van der Waals surface area contributed by atoms with Crippen LogP contribution in [0, 0.1) is 0 Å². The summed E-state index contributed by atoms with van der Waals surface area (Å²) in [5.74, 6) is -0.0355. The number of carbonyl (C=O) groups is 1. The first kappa shape index (κ1) is 17.7. The van der Waals surface area contributed by atoms with Crippen molar-refractivity contribution in [3.63, 3.8) is 0 Å². The molecule has 0 saturated heterocycles. The maximum atomic E-state index is 12.0. The van der Waals surface area contributed by atoms with Crippen molar-refractivity contribution in [3.05, 3.63) is 29.8 Å². The standard InChI is InChI=1S/C16H25NO3S/c1-12(13-5-7-14(17)8-6-13)11-15(18)9-10-21(19,20)16(2,3)4/h5-8,12H,9-11,17H2,1-4H3. The van der Waals surface area contributed by atoms with Gasteiger partial charge in [-0.05, 0) is 44.4 Å². The van der Waals surface area contributed by atoms with Gasteiger partial charge in [0.2, 0.25) is 0 Å². The topological polar surface area (TPSA) is 77.2 Å². The molecule has 5 heteroatoms. The average molecular weight is 311 g/mol. The van der Waals surface area contributed by atoms with Crippen molar-refractivity contribution in [3.8, 4) is 0 Å². The summed E-state index contributed by atoms with van der Waals surface area (Å²) >= 11 is 0. The first-order valence-corrected chi connectivity index (χ1v) is 8.77. The third-order valence-electron chi connectivity index (χ3n) is 3.62. The summed E-state index contributed by atoms with van der Waals surface area (Å²) in [7, 11) is -3.24. The van der Waals surface area contributed by atoms with Crippen molar-refractivity contribution < 1.29 is 13.2 Å². The zero-order chi connectivity index (χ0) is 16.3. The molecule has 0 bridgehead atoms. The van der Waals surface area contributed by atoms with Crippen molar-refractivity contribution in [2.45, 2.75) is 51.2 Å². The summed E-state index contributed by atoms with van der Waals surface area (Å²) in [4.78, 5) is 12.0. The normalized spacial score (nSPS) is 13.9. The van der Waals surface area contributed by atoms with Crippen molar-refractivity contribution >= 4 is 21.3 Å². The molecule has 1 unspecified atom stereocenters. The number of hydrogen-bond acceptors (Lipinski definition) is 4. The first-order valence-electron chi connectivity index (χ1n) is 7.12. The van der Waals surface area contributed by atoms with Gasteiger partial charge in [0.15, 0.2) is 9.84 Å². The molecule has 0 aliphatic heterocycles. The zero-order valence-electron chi connectivity index (χ0n) is 13.2. The lowest BCUT2D eigenvalue weighted by Crippen LogP contribution is -2.31. The number of sulfone groups is 1. The number of carbonyl (C=O) groups excluding carboxylic acids is 1. The van der Waals surface area contributed by atoms with Gasteiger partial charge in [0, 0.05) is 18.5 Å². The van der Waals surface area contributed by atoms with E-state index in [2.05, 4.69) is 0 Å². The van der Waals surface area contributed by atoms with Crippen LogP contribution >= 0.6 is 0 Å². The zero-order valence-corrected chi connectivity index (χ0v) is 14.0. The molecule has 2 N–H and O–H groups in total. The van der Waals surface area contributed by atoms with Crippen molar-refractivity contribution in [2.75, 3.05) is 11.5 Å². The summed E-state index contributed by atoms with van der Waals surface area (Å²) < 4.78 is 23.2. The second-order valence-electron chi connectivity index (χ2n) is 6.49. The van der Waals surface area contributed by atoms with Gasteiger partial charge in [-0.25, -0.2) is 8.42 Å². The Bertz CT molecular complexity index is 583. The summed E-state index contributed by atoms with van der Waals surface area (Å²) in [5.41, 5.74) is 7.36. The van der Waals surface area contributed by atoms with Crippen LogP contribution in [0.25, 0.3) is 0 Å². The number of benzene rings is 1. The van der Waals surface area contributed by atoms with Gasteiger partial charge in [0.1, 0.15) is 5.78 Å². The van der Waals surface area contributed by atoms with E-state index < -0.39 is 14.6 Å². The Morgan fingerprint density at radius 1 is 1.19 bits per heavy atom. The molecule has 0 aliphatic rings. The van der Waals surface area contributed by atoms with Crippen LogP contribution in [0.2, 0.25) is 0 Å². The number of Topliss-reactive ketones (excluding diaryl/α,β-unsaturated/α-hetero) is 1. The molecule has 1 rings (SSSR count). The molecule has 0 saturated carbocycles. The van der Waals surface area contributed by atoms with Crippen LogP contribution in [0.15, 0.2) is 24.3 Å². The molecule has 21 heavy (non-hydrogen) atoms. The fraction of sp³-hybridized carbons (Fsp3) is 0.562. The lowest BCUT2D eigenvalue weighted by atomic mass is 9.95. The number of nitrogens with two attached hydrogens (primary N) is 1. The Balaban J connectivity index is 2.57. The maximum Gasteiger partial charge on any atom is 0.155 e. The van der Waals surface area contributed by atoms with Gasteiger partial charge in [0.25, 0.3) is 0 Å². The minimum absolute atomic E-state index is 0.0212. The third kappa shape index (κ3) is 5.16. The lowest BCUT2D eigenvalue weighted by molar-refractivity contribution is -0.119. The van der Waals surface area contributed by atoms with Crippen molar-refractivity contribution in [2.24, 2.45) is 0 Å². The fourth-order valence-corrected chi connectivity index (χ4v) is 3.05. The summed E-state index contributed by atoms with van der Waals surface area (Å²) in [6, 6.07) is 7.42. The van der Waals surface area contributed by atoms with Crippen LogP contribution in [0.3, 0.4) is 0 Å². The smallest absolute Gasteiger partial charge is 0.155 e. The van der Waals surface area contributed by atoms with Crippen LogP contribution in [0.4, 0.5) is 5.69 Å². The minimum Gasteiger partial charge on any atom is -0.399 e. The molecule has 0 heterocycles. The summed E-state index contributed by atoms with van der Waals surface area (Å²) in [5, 5.41) is 0. The molecule has 4 nitrogen and oxygen atoms in total. The van der Waals surface area contributed by atoms with E-state index in [9.17, 15) is 13.2 Å². The summed E-state index contributed by atoms with van der Waals surface area (Å²) in [6.45, 7) is 6.93. The highest BCUT2D eigenvalue weighted by atomic mass is 32.2. The maximum absolute atomic E-state index is 12.0. The van der Waals surface area contributed by atoms with Crippen LogP contribution in [-0.4, -0.2) is 24.7 Å². The largest absolute Gasteiger partial charge is 0.399 e. The Kier molecular flexibility index (Phi) is 5.56. The Labute approximate surface area is 127 Å². The van der Waals surface area contributed by atoms with E-state index >= 15 is 0 Å². The van der Waals surface area contributed by atoms with E-state index in [-0.39, 0.29) is 23.9 Å². The number of ketones is 1. The Morgan fingerprint density at radius 3 is 2.19 bits per heavy atom. The molecule has 0 aliphatic carbocycles. The minimum atomic E-state index is -3.24. The Hall–Kier alpha value is -1.36. The van der Waals surface area contributed by atoms with Gasteiger partial charge >= 0.3 is 0 Å². The number of anilines is 1. The van der Waals surface area contributed by atoms with E-state index in [1.807, 2.05) is 19.1 Å². The molecule has 0 aromatic heterocycles. The highest BCUT2D eigenvalue weighted by Crippen LogP contribution is 2.22. The number of rotatable bonds is 6. The van der Waals surface area contributed by atoms with Crippen molar-refractivity contribution in [1.82, 2.24) is 0 Å². The van der Waals surface area contributed by atoms with Crippen LogP contribution in [-0.2, 0) is 14.6 Å². The van der Waals surface area contributed by atoms with Crippen LogP contribution in [0.5, 0.6) is 0 Å². The monoisotopic (exact) mass is 311 g/mol. The first-order chi connectivity index (χ1) is 9.53. The van der Waals surface area contributed by atoms with E-state index in [1.54, 1.807) is 32.9 Å². The van der Waals surface area contributed by atoms with Gasteiger partial charge in [-0.15, -0.1) is 0 Å². The average Bonchev–Trinajstić information content (AvgIpc) is 2.36. The lowest BCUT2D eigenvalue weighted by Gasteiger charge is -2.19. The third-order valence-corrected chi connectivity index (χ3v) is 6.23. The molecule has 1 aromatic rings. The van der Waals surface area contributed by atoms with Gasteiger partial charge in [-0.1, -0.05) is 19.1 Å². The predicted octanol–water partition coefficient (Wildman–Crippen LogP) is 2.93. The SMILES string of the molecule is CC(CC(=O)CCS(=O)(=O)C(C)(C)C)c1ccc(N)cc1.